The van der Waals surface area contributed by atoms with Gasteiger partial charge in [0.05, 0.1) is 22.9 Å². The molecule has 1 unspecified atom stereocenters. The van der Waals surface area contributed by atoms with Gasteiger partial charge in [-0.05, 0) is 18.1 Å². The van der Waals surface area contributed by atoms with Gasteiger partial charge in [0.2, 0.25) is 0 Å². The van der Waals surface area contributed by atoms with Crippen molar-refractivity contribution in [2.24, 2.45) is 5.92 Å². The maximum absolute atomic E-state index is 10.2. The van der Waals surface area contributed by atoms with Gasteiger partial charge >= 0.3 is 0 Å². The van der Waals surface area contributed by atoms with Gasteiger partial charge in [0.25, 0.3) is 0 Å². The van der Waals surface area contributed by atoms with E-state index in [1.807, 2.05) is 24.3 Å². The molecule has 2 aromatic rings. The molecule has 3 nitrogen and oxygen atoms in total. The Labute approximate surface area is 102 Å². The lowest BCUT2D eigenvalue weighted by molar-refractivity contribution is 0.0991. The summed E-state index contributed by atoms with van der Waals surface area (Å²) >= 11 is 0. The number of fused-ring (bicyclic) bond motifs is 1. The fraction of sp³-hybridized carbons (Fsp3) is 0.429. The van der Waals surface area contributed by atoms with E-state index in [9.17, 15) is 5.11 Å². The minimum Gasteiger partial charge on any atom is -0.386 e. The molecule has 1 N–H and O–H groups in total. The van der Waals surface area contributed by atoms with E-state index in [-0.39, 0.29) is 5.92 Å². The number of aromatic nitrogens is 2. The van der Waals surface area contributed by atoms with E-state index in [2.05, 4.69) is 23.8 Å². The standard InChI is InChI=1S/C14H18N2O/c1-3-10(4-2)14(17)13-9-15-11-7-5-6-8-12(11)16-13/h5-10,14,17H,3-4H2,1-2H3. The summed E-state index contributed by atoms with van der Waals surface area (Å²) in [4.78, 5) is 8.81. The van der Waals surface area contributed by atoms with E-state index in [0.29, 0.717) is 5.69 Å². The maximum Gasteiger partial charge on any atom is 0.100 e. The molecule has 1 heterocycles. The van der Waals surface area contributed by atoms with Crippen LogP contribution in [0.25, 0.3) is 11.0 Å². The van der Waals surface area contributed by atoms with Gasteiger partial charge in [-0.15, -0.1) is 0 Å². The zero-order chi connectivity index (χ0) is 12.3. The predicted molar refractivity (Wildman–Crippen MR) is 68.6 cm³/mol. The molecule has 0 saturated heterocycles. The van der Waals surface area contributed by atoms with E-state index in [4.69, 9.17) is 0 Å². The minimum atomic E-state index is -0.512. The highest BCUT2D eigenvalue weighted by Crippen LogP contribution is 2.26. The van der Waals surface area contributed by atoms with E-state index < -0.39 is 6.10 Å². The second-order valence-corrected chi connectivity index (χ2v) is 4.30. The van der Waals surface area contributed by atoms with Crippen LogP contribution in [0.1, 0.15) is 38.5 Å². The molecule has 0 aliphatic heterocycles. The molecule has 90 valence electrons. The SMILES string of the molecule is CCC(CC)C(O)c1cnc2ccccc2n1. The summed E-state index contributed by atoms with van der Waals surface area (Å²) in [5, 5.41) is 10.2. The average Bonchev–Trinajstić information content (AvgIpc) is 2.39. The van der Waals surface area contributed by atoms with Crippen LogP contribution in [0.4, 0.5) is 0 Å². The van der Waals surface area contributed by atoms with Gasteiger partial charge in [-0.1, -0.05) is 38.8 Å². The van der Waals surface area contributed by atoms with Crippen LogP contribution in [-0.2, 0) is 0 Å². The van der Waals surface area contributed by atoms with E-state index in [1.54, 1.807) is 6.20 Å². The van der Waals surface area contributed by atoms with Gasteiger partial charge in [-0.2, -0.15) is 0 Å². The number of nitrogens with zero attached hydrogens (tertiary/aromatic N) is 2. The Morgan fingerprint density at radius 2 is 1.76 bits per heavy atom. The number of para-hydroxylation sites is 2. The lowest BCUT2D eigenvalue weighted by Crippen LogP contribution is -2.12. The van der Waals surface area contributed by atoms with Gasteiger partial charge in [0.15, 0.2) is 0 Å². The van der Waals surface area contributed by atoms with Crippen LogP contribution in [-0.4, -0.2) is 15.1 Å². The molecule has 0 saturated carbocycles. The molecule has 0 aliphatic carbocycles. The second-order valence-electron chi connectivity index (χ2n) is 4.30. The van der Waals surface area contributed by atoms with Crippen LogP contribution < -0.4 is 0 Å². The van der Waals surface area contributed by atoms with Gasteiger partial charge in [-0.25, -0.2) is 4.98 Å². The summed E-state index contributed by atoms with van der Waals surface area (Å²) in [6.07, 6.45) is 3.08. The van der Waals surface area contributed by atoms with Crippen molar-refractivity contribution in [1.29, 1.82) is 0 Å². The Morgan fingerprint density at radius 3 is 2.41 bits per heavy atom. The smallest absolute Gasteiger partial charge is 0.100 e. The first-order chi connectivity index (χ1) is 8.26. The predicted octanol–water partition coefficient (Wildman–Crippen LogP) is 3.10. The zero-order valence-electron chi connectivity index (χ0n) is 10.3. The van der Waals surface area contributed by atoms with Crippen molar-refractivity contribution in [3.63, 3.8) is 0 Å². The molecule has 0 aliphatic rings. The molecule has 0 radical (unpaired) electrons. The molecule has 1 aromatic heterocycles. The third kappa shape index (κ3) is 2.44. The molecule has 0 spiro atoms. The first kappa shape index (κ1) is 12.0. The number of rotatable bonds is 4. The Morgan fingerprint density at radius 1 is 1.12 bits per heavy atom. The van der Waals surface area contributed by atoms with Crippen molar-refractivity contribution in [2.45, 2.75) is 32.8 Å². The van der Waals surface area contributed by atoms with Crippen LogP contribution in [0.3, 0.4) is 0 Å². The van der Waals surface area contributed by atoms with Crippen molar-refractivity contribution in [1.82, 2.24) is 9.97 Å². The summed E-state index contributed by atoms with van der Waals surface area (Å²) in [7, 11) is 0. The molecule has 0 fully saturated rings. The summed E-state index contributed by atoms with van der Waals surface area (Å²) in [6, 6.07) is 7.72. The monoisotopic (exact) mass is 230 g/mol. The lowest BCUT2D eigenvalue weighted by atomic mass is 9.94. The summed E-state index contributed by atoms with van der Waals surface area (Å²) in [5.41, 5.74) is 2.39. The van der Waals surface area contributed by atoms with Gasteiger partial charge in [0.1, 0.15) is 6.10 Å². The number of aliphatic hydroxyl groups is 1. The fourth-order valence-corrected chi connectivity index (χ4v) is 2.09. The highest BCUT2D eigenvalue weighted by atomic mass is 16.3. The molecular weight excluding hydrogens is 212 g/mol. The Hall–Kier alpha value is -1.48. The molecule has 0 bridgehead atoms. The van der Waals surface area contributed by atoms with Crippen molar-refractivity contribution in [3.05, 3.63) is 36.2 Å². The third-order valence-corrected chi connectivity index (χ3v) is 3.27. The first-order valence-electron chi connectivity index (χ1n) is 6.16. The van der Waals surface area contributed by atoms with Gasteiger partial charge < -0.3 is 5.11 Å². The Balaban J connectivity index is 2.35. The van der Waals surface area contributed by atoms with Crippen LogP contribution in [0, 0.1) is 5.92 Å². The molecule has 3 heteroatoms. The number of hydrogen-bond donors (Lipinski definition) is 1. The highest BCUT2D eigenvalue weighted by Gasteiger charge is 2.19. The van der Waals surface area contributed by atoms with Crippen LogP contribution in [0.15, 0.2) is 30.5 Å². The Bertz CT molecular complexity index is 494. The van der Waals surface area contributed by atoms with Crippen molar-refractivity contribution < 1.29 is 5.11 Å². The molecule has 1 aromatic carbocycles. The van der Waals surface area contributed by atoms with E-state index in [0.717, 1.165) is 23.9 Å². The zero-order valence-corrected chi connectivity index (χ0v) is 10.3. The number of benzene rings is 1. The lowest BCUT2D eigenvalue weighted by Gasteiger charge is -2.19. The molecular formula is C14H18N2O. The summed E-state index contributed by atoms with van der Waals surface area (Å²) in [5.74, 6) is 0.255. The van der Waals surface area contributed by atoms with Gasteiger partial charge in [-0.3, -0.25) is 4.98 Å². The quantitative estimate of drug-likeness (QED) is 0.877. The van der Waals surface area contributed by atoms with Crippen molar-refractivity contribution in [3.8, 4) is 0 Å². The summed E-state index contributed by atoms with van der Waals surface area (Å²) < 4.78 is 0. The summed E-state index contributed by atoms with van der Waals surface area (Å²) in [6.45, 7) is 4.18. The molecule has 0 amide bonds. The van der Waals surface area contributed by atoms with E-state index >= 15 is 0 Å². The second kappa shape index (κ2) is 5.23. The number of hydrogen-bond acceptors (Lipinski definition) is 3. The maximum atomic E-state index is 10.2. The Kier molecular flexibility index (Phi) is 3.69. The van der Waals surface area contributed by atoms with E-state index in [1.165, 1.54) is 0 Å². The highest BCUT2D eigenvalue weighted by molar-refractivity contribution is 5.73. The number of aliphatic hydroxyl groups excluding tert-OH is 1. The van der Waals surface area contributed by atoms with Crippen LogP contribution >= 0.6 is 0 Å². The van der Waals surface area contributed by atoms with Crippen LogP contribution in [0.5, 0.6) is 0 Å². The average molecular weight is 230 g/mol. The molecule has 1 atom stereocenters. The normalized spacial score (nSPS) is 13.2. The largest absolute Gasteiger partial charge is 0.386 e. The fourth-order valence-electron chi connectivity index (χ4n) is 2.09. The van der Waals surface area contributed by atoms with Crippen molar-refractivity contribution in [2.75, 3.05) is 0 Å². The molecule has 17 heavy (non-hydrogen) atoms. The minimum absolute atomic E-state index is 0.255. The first-order valence-corrected chi connectivity index (χ1v) is 6.16. The third-order valence-electron chi connectivity index (χ3n) is 3.27. The molecule has 2 rings (SSSR count). The van der Waals surface area contributed by atoms with Gasteiger partial charge in [0, 0.05) is 0 Å². The topological polar surface area (TPSA) is 46.0 Å². The van der Waals surface area contributed by atoms with Crippen LogP contribution in [0.2, 0.25) is 0 Å². The van der Waals surface area contributed by atoms with Crippen molar-refractivity contribution >= 4 is 11.0 Å².